The van der Waals surface area contributed by atoms with Crippen molar-refractivity contribution < 1.29 is 37.2 Å². The van der Waals surface area contributed by atoms with E-state index in [1.807, 2.05) is 310 Å². The molecule has 4 aliphatic rings. The highest BCUT2D eigenvalue weighted by Gasteiger charge is 2.64. The van der Waals surface area contributed by atoms with E-state index in [-0.39, 0.29) is 59.0 Å². The molecule has 12 aromatic rings. The van der Waals surface area contributed by atoms with Crippen LogP contribution < -0.4 is 10.9 Å². The van der Waals surface area contributed by atoms with E-state index in [0.717, 1.165) is 19.9 Å². The number of halogens is 3. The molecule has 0 aliphatic carbocycles. The fourth-order valence-electron chi connectivity index (χ4n) is 11.1. The van der Waals surface area contributed by atoms with E-state index in [1.165, 1.54) is 71.6 Å². The summed E-state index contributed by atoms with van der Waals surface area (Å²) in [5.74, 6) is 0. The molecule has 18 heteroatoms. The fraction of sp³-hybridized carbons (Fsp3) is 0.455. The lowest BCUT2D eigenvalue weighted by molar-refractivity contribution is 0.00578. The van der Waals surface area contributed by atoms with Crippen LogP contribution in [0.1, 0.15) is 247 Å². The number of hydrogen-bond donors (Lipinski definition) is 0. The monoisotopic (exact) mass is 1890 g/mol. The Bertz CT molecular complexity index is 4380. The van der Waals surface area contributed by atoms with Crippen molar-refractivity contribution in [2.75, 3.05) is 4.93 Å². The van der Waals surface area contributed by atoms with Gasteiger partial charge in [0.25, 0.3) is 0 Å². The smallest absolute Gasteiger partial charge is 0.405 e. The molecule has 3 aromatic heterocycles. The van der Waals surface area contributed by atoms with Gasteiger partial charge in [0.15, 0.2) is 0 Å². The summed E-state index contributed by atoms with van der Waals surface area (Å²) in [5, 5.41) is 8.15. The van der Waals surface area contributed by atoms with Crippen molar-refractivity contribution in [2.45, 2.75) is 294 Å². The topological polar surface area (TPSA) is 73.8 Å². The normalized spacial score (nSPS) is 15.9. The molecule has 0 spiro atoms. The van der Waals surface area contributed by atoms with Gasteiger partial charge >= 0.3 is 28.3 Å². The molecule has 0 bridgehead atoms. The van der Waals surface area contributed by atoms with E-state index in [2.05, 4.69) is 251 Å². The number of aryl methyl sites for hydroxylation is 2. The van der Waals surface area contributed by atoms with Crippen LogP contribution in [0, 0.1) is 13.8 Å². The maximum Gasteiger partial charge on any atom is 0.496 e. The van der Waals surface area contributed by atoms with Crippen LogP contribution in [0.4, 0.5) is 0 Å². The highest BCUT2D eigenvalue weighted by Crippen LogP contribution is 2.45. The number of benzene rings is 9. The predicted molar refractivity (Wildman–Crippen MR) is 548 cm³/mol. The van der Waals surface area contributed by atoms with Gasteiger partial charge in [0, 0.05) is 69.5 Å². The summed E-state index contributed by atoms with van der Waals surface area (Å²) in [5.41, 5.74) is 2.40. The molecule has 642 valence electrons. The lowest BCUT2D eigenvalue weighted by atomic mass is 9.49. The van der Waals surface area contributed by atoms with Crippen LogP contribution >= 0.6 is 88.5 Å². The van der Waals surface area contributed by atoms with Crippen LogP contribution in [-0.4, -0.2) is 78.0 Å². The molecule has 0 unspecified atom stereocenters. The van der Waals surface area contributed by atoms with E-state index >= 15 is 0 Å². The number of hydrogen-bond acceptors (Lipinski definition) is 11. The largest absolute Gasteiger partial charge is 0.496 e. The van der Waals surface area contributed by atoms with Crippen molar-refractivity contribution in [2.24, 2.45) is 0 Å². The van der Waals surface area contributed by atoms with E-state index in [9.17, 15) is 0 Å². The van der Waals surface area contributed by atoms with Crippen LogP contribution in [0.5, 0.6) is 0 Å². The van der Waals surface area contributed by atoms with Crippen molar-refractivity contribution in [1.29, 1.82) is 0 Å². The van der Waals surface area contributed by atoms with E-state index in [0.29, 0.717) is 0 Å². The summed E-state index contributed by atoms with van der Waals surface area (Å²) in [7, 11) is -1.50. The molecular weight excluding hydrogens is 1740 g/mol. The first-order valence-electron chi connectivity index (χ1n) is 42.6. The van der Waals surface area contributed by atoms with Crippen molar-refractivity contribution in [3.63, 3.8) is 0 Å². The van der Waals surface area contributed by atoms with Crippen LogP contribution in [0.2, 0.25) is 0 Å². The fourth-order valence-corrected chi connectivity index (χ4v) is 15.3. The summed E-state index contributed by atoms with van der Waals surface area (Å²) >= 11 is 14.4. The predicted octanol–water partition coefficient (Wildman–Crippen LogP) is 32.5. The molecule has 117 heavy (non-hydrogen) atoms. The molecule has 8 nitrogen and oxygen atoms in total. The quantitative estimate of drug-likeness (QED) is 0.0984. The highest BCUT2D eigenvalue weighted by molar-refractivity contribution is 14.1. The Balaban J connectivity index is 0.00000132. The van der Waals surface area contributed by atoms with E-state index in [4.69, 9.17) is 37.2 Å². The van der Waals surface area contributed by atoms with E-state index in [1.54, 1.807) is 0 Å². The lowest BCUT2D eigenvalue weighted by Crippen LogP contribution is -2.41. The lowest BCUT2D eigenvalue weighted by Gasteiger charge is -2.32. The third-order valence-electron chi connectivity index (χ3n) is 19.7. The van der Waals surface area contributed by atoms with Gasteiger partial charge in [0.1, 0.15) is 0 Å². The van der Waals surface area contributed by atoms with Gasteiger partial charge in [0.2, 0.25) is 0 Å². The highest BCUT2D eigenvalue weighted by atomic mass is 127. The minimum atomic E-state index is -0.476. The molecular formula is C99H147B4Br2IO8S3. The second kappa shape index (κ2) is 55.4. The molecule has 16 rings (SSSR count). The molecule has 0 saturated carbocycles. The van der Waals surface area contributed by atoms with E-state index < -0.39 is 14.0 Å². The summed E-state index contributed by atoms with van der Waals surface area (Å²) in [6.07, 6.45) is 0. The van der Waals surface area contributed by atoms with Crippen LogP contribution in [0.15, 0.2) is 227 Å². The Morgan fingerprint density at radius 3 is 0.726 bits per heavy atom. The SMILES string of the molecule is Brc1ccccc1.Brc1ccccc1.CC.CC.CC.CC.CC.CC.CC.CC.CC.CC1(C)OB(B2OC(C)(C)C(C)(C)O2)OC1(C)C.CC1(C)OB(c2cccc3c2sc2ccccc23)OC1(C)C.CC1(C)OB(c2ccccc2)OC1(C)C.CI.Cc1cccc2c1sc1ccccc12.Cc1cccc2c1sc1ccccc12. The zero-order chi connectivity index (χ0) is 89.9. The Morgan fingerprint density at radius 2 is 0.453 bits per heavy atom. The third-order valence-corrected chi connectivity index (χ3v) is 24.6. The molecule has 4 fully saturated rings. The first kappa shape index (κ1) is 112. The zero-order valence-electron chi connectivity index (χ0n) is 78.7. The Kier molecular flexibility index (Phi) is 53.2. The Labute approximate surface area is 756 Å². The molecule has 0 atom stereocenters. The van der Waals surface area contributed by atoms with Crippen LogP contribution in [0.3, 0.4) is 0 Å². The molecule has 9 aromatic carbocycles. The number of rotatable bonds is 3. The third kappa shape index (κ3) is 31.2. The summed E-state index contributed by atoms with van der Waals surface area (Å²) in [4.78, 5) is 1.97. The van der Waals surface area contributed by atoms with Crippen molar-refractivity contribution in [3.8, 4) is 0 Å². The van der Waals surface area contributed by atoms with Crippen molar-refractivity contribution in [1.82, 2.24) is 0 Å². The maximum absolute atomic E-state index is 6.24. The molecule has 4 aliphatic heterocycles. The molecule has 7 heterocycles. The first-order valence-corrected chi connectivity index (χ1v) is 48.8. The van der Waals surface area contributed by atoms with Gasteiger partial charge in [-0.3, -0.25) is 0 Å². The summed E-state index contributed by atoms with van der Waals surface area (Å²) in [6.45, 7) is 73.2. The van der Waals surface area contributed by atoms with Gasteiger partial charge in [-0.2, -0.15) is 0 Å². The molecule has 4 saturated heterocycles. The average molecular weight is 1890 g/mol. The van der Waals surface area contributed by atoms with Gasteiger partial charge < -0.3 is 37.2 Å². The standard InChI is InChI=1S/C18H19BO2S.2C13H10S.C12H24B2O4.C12H17BO2.2C6H5Br.9C2H6.CH3I/c1-17(2)18(3,4)21-19(20-17)14-10-7-9-13-12-8-5-6-11-15(12)22-16(13)14;2*1-9-5-4-7-11-10-6-2-3-8-12(10)14-13(9)11;1-9(2)10(3,4)16-13(15-9)14-17-11(5,6)12(7,8)18-14;1-11(2)12(3,4)15-13(14-11)10-8-6-5-7-9-10;2*7-6-4-2-1-3-5-6;10*1-2/h5-11H,1-4H3;2*2-8H,1H3;1-8H3;5-9H,1-4H3;2*1-5H;9*1-2H3;1H3. The van der Waals surface area contributed by atoms with Gasteiger partial charge in [-0.1, -0.05) is 355 Å². The Morgan fingerprint density at radius 1 is 0.239 bits per heavy atom. The maximum atomic E-state index is 6.24. The molecule has 0 amide bonds. The molecule has 0 N–H and O–H groups in total. The summed E-state index contributed by atoms with van der Waals surface area (Å²) < 4.78 is 58.6. The van der Waals surface area contributed by atoms with Gasteiger partial charge in [0.05, 0.1) is 44.8 Å². The van der Waals surface area contributed by atoms with Crippen LogP contribution in [0.25, 0.3) is 60.5 Å². The second-order valence-electron chi connectivity index (χ2n) is 28.8. The second-order valence-corrected chi connectivity index (χ2v) is 33.8. The van der Waals surface area contributed by atoms with Crippen molar-refractivity contribution >= 4 is 188 Å². The average Bonchev–Trinajstić information content (AvgIpc) is 1.60. The van der Waals surface area contributed by atoms with Gasteiger partial charge in [-0.05, 0) is 194 Å². The number of alkyl halides is 1. The van der Waals surface area contributed by atoms with Gasteiger partial charge in [-0.15, -0.1) is 34.0 Å². The summed E-state index contributed by atoms with van der Waals surface area (Å²) in [6, 6.07) is 75.2. The van der Waals surface area contributed by atoms with Crippen LogP contribution in [-0.2, 0) is 37.2 Å². The van der Waals surface area contributed by atoms with Gasteiger partial charge in [-0.25, -0.2) is 0 Å². The molecule has 0 radical (unpaired) electrons. The first-order chi connectivity index (χ1) is 55.7. The Hall–Kier alpha value is -4.73. The zero-order valence-corrected chi connectivity index (χ0v) is 86.5. The number of thiophene rings is 3. The number of fused-ring (bicyclic) bond motifs is 9. The minimum Gasteiger partial charge on any atom is -0.405 e. The van der Waals surface area contributed by atoms with Crippen molar-refractivity contribution in [3.05, 3.63) is 238 Å². The minimum absolute atomic E-state index is 0.240.